The van der Waals surface area contributed by atoms with Gasteiger partial charge in [0, 0.05) is 44.0 Å². The lowest BCUT2D eigenvalue weighted by atomic mass is 10.1. The van der Waals surface area contributed by atoms with Gasteiger partial charge < -0.3 is 19.5 Å². The summed E-state index contributed by atoms with van der Waals surface area (Å²) in [6.07, 6.45) is 0. The highest BCUT2D eigenvalue weighted by Crippen LogP contribution is 2.30. The summed E-state index contributed by atoms with van der Waals surface area (Å²) in [4.78, 5) is 15.3. The van der Waals surface area contributed by atoms with E-state index < -0.39 is 10.0 Å². The highest BCUT2D eigenvalue weighted by Gasteiger charge is 2.30. The molecule has 0 aliphatic carbocycles. The van der Waals surface area contributed by atoms with E-state index in [1.807, 2.05) is 18.2 Å². The zero-order valence-electron chi connectivity index (χ0n) is 19.4. The fraction of sp³-hybridized carbons (Fsp3) is 0.458. The highest BCUT2D eigenvalue weighted by molar-refractivity contribution is 7.89. The first-order chi connectivity index (χ1) is 16.5. The molecule has 184 valence electrons. The monoisotopic (exact) mass is 489 g/mol. The van der Waals surface area contributed by atoms with E-state index in [0.717, 1.165) is 25.2 Å². The van der Waals surface area contributed by atoms with Gasteiger partial charge in [-0.25, -0.2) is 8.42 Å². The number of benzene rings is 2. The molecule has 2 aliphatic rings. The van der Waals surface area contributed by atoms with Crippen molar-refractivity contribution in [3.63, 3.8) is 0 Å². The second kappa shape index (κ2) is 11.3. The molecule has 34 heavy (non-hydrogen) atoms. The second-order valence-electron chi connectivity index (χ2n) is 8.15. The number of amides is 1. The first-order valence-corrected chi connectivity index (χ1v) is 13.0. The summed E-state index contributed by atoms with van der Waals surface area (Å²) in [5.74, 6) is -0.0396. The molecule has 0 aromatic heterocycles. The van der Waals surface area contributed by atoms with Gasteiger partial charge in [-0.05, 0) is 42.8 Å². The van der Waals surface area contributed by atoms with Crippen molar-refractivity contribution in [2.45, 2.75) is 18.4 Å². The maximum absolute atomic E-state index is 13.3. The molecule has 2 aromatic rings. The Balaban J connectivity index is 1.52. The molecule has 0 bridgehead atoms. The number of sulfonamides is 1. The number of morpholine rings is 2. The third-order valence-corrected chi connectivity index (χ3v) is 7.71. The summed E-state index contributed by atoms with van der Waals surface area (Å²) in [5.41, 5.74) is 1.94. The highest BCUT2D eigenvalue weighted by atomic mass is 32.2. The van der Waals surface area contributed by atoms with E-state index in [-0.39, 0.29) is 29.6 Å². The van der Waals surface area contributed by atoms with Gasteiger partial charge in [-0.2, -0.15) is 4.31 Å². The van der Waals surface area contributed by atoms with Gasteiger partial charge >= 0.3 is 0 Å². The van der Waals surface area contributed by atoms with Crippen LogP contribution in [-0.2, 0) is 26.0 Å². The topological polar surface area (TPSA) is 97.4 Å². The largest absolute Gasteiger partial charge is 0.492 e. The zero-order chi connectivity index (χ0) is 24.0. The molecule has 0 saturated carbocycles. The number of carbonyl (C=O) groups is 1. The van der Waals surface area contributed by atoms with Gasteiger partial charge in [0.1, 0.15) is 10.6 Å². The van der Waals surface area contributed by atoms with E-state index in [2.05, 4.69) is 10.2 Å². The second-order valence-corrected chi connectivity index (χ2v) is 10.1. The maximum atomic E-state index is 13.3. The lowest BCUT2D eigenvalue weighted by Crippen LogP contribution is -2.40. The number of anilines is 1. The van der Waals surface area contributed by atoms with Crippen LogP contribution in [0.4, 0.5) is 5.69 Å². The summed E-state index contributed by atoms with van der Waals surface area (Å²) in [5, 5.41) is 2.84. The van der Waals surface area contributed by atoms with Gasteiger partial charge in [-0.1, -0.05) is 12.1 Å². The van der Waals surface area contributed by atoms with E-state index in [9.17, 15) is 13.2 Å². The molecule has 0 atom stereocenters. The number of rotatable bonds is 8. The Labute approximate surface area is 200 Å². The maximum Gasteiger partial charge on any atom is 0.255 e. The molecule has 9 nitrogen and oxygen atoms in total. The molecule has 2 heterocycles. The third kappa shape index (κ3) is 5.94. The van der Waals surface area contributed by atoms with Crippen molar-refractivity contribution in [2.75, 3.05) is 64.5 Å². The Hall–Kier alpha value is -2.50. The van der Waals surface area contributed by atoms with Crippen LogP contribution in [0.3, 0.4) is 0 Å². The van der Waals surface area contributed by atoms with Gasteiger partial charge in [0.25, 0.3) is 5.91 Å². The Kier molecular flexibility index (Phi) is 8.17. The zero-order valence-corrected chi connectivity index (χ0v) is 20.2. The molecule has 2 fully saturated rings. The molecule has 2 aliphatic heterocycles. The Morgan fingerprint density at radius 1 is 1.00 bits per heavy atom. The third-order valence-electron chi connectivity index (χ3n) is 5.79. The predicted octanol–water partition coefficient (Wildman–Crippen LogP) is 2.19. The van der Waals surface area contributed by atoms with E-state index in [1.54, 1.807) is 25.1 Å². The summed E-state index contributed by atoms with van der Waals surface area (Å²) in [7, 11) is -3.80. The summed E-state index contributed by atoms with van der Waals surface area (Å²) in [6.45, 7) is 7.28. The minimum atomic E-state index is -3.80. The molecule has 4 rings (SSSR count). The molecule has 10 heteroatoms. The SMILES string of the molecule is CCOc1ccc(NC(=O)c2cccc(CN3CCOCC3)c2)cc1S(=O)(=O)N1CCOCC1. The van der Waals surface area contributed by atoms with E-state index in [4.69, 9.17) is 14.2 Å². The minimum absolute atomic E-state index is 0.0371. The number of nitrogens with one attached hydrogen (secondary N) is 1. The normalized spacial score (nSPS) is 17.9. The van der Waals surface area contributed by atoms with E-state index in [0.29, 0.717) is 44.3 Å². The lowest BCUT2D eigenvalue weighted by Gasteiger charge is -2.27. The van der Waals surface area contributed by atoms with Gasteiger partial charge in [0.15, 0.2) is 0 Å². The molecule has 1 amide bonds. The van der Waals surface area contributed by atoms with Gasteiger partial charge in [-0.3, -0.25) is 9.69 Å². The molecular weight excluding hydrogens is 458 g/mol. The summed E-state index contributed by atoms with van der Waals surface area (Å²) in [6, 6.07) is 12.2. The predicted molar refractivity (Wildman–Crippen MR) is 128 cm³/mol. The number of ether oxygens (including phenoxy) is 3. The van der Waals surface area contributed by atoms with Crippen molar-refractivity contribution < 1.29 is 27.4 Å². The van der Waals surface area contributed by atoms with Crippen LogP contribution in [0.25, 0.3) is 0 Å². The van der Waals surface area contributed by atoms with E-state index >= 15 is 0 Å². The van der Waals surface area contributed by atoms with Crippen LogP contribution < -0.4 is 10.1 Å². The number of hydrogen-bond acceptors (Lipinski definition) is 7. The Morgan fingerprint density at radius 2 is 1.71 bits per heavy atom. The average molecular weight is 490 g/mol. The molecule has 0 unspecified atom stereocenters. The number of nitrogens with zero attached hydrogens (tertiary/aromatic N) is 2. The Morgan fingerprint density at radius 3 is 2.41 bits per heavy atom. The average Bonchev–Trinajstić information content (AvgIpc) is 2.86. The van der Waals surface area contributed by atoms with Crippen LogP contribution in [0, 0.1) is 0 Å². The minimum Gasteiger partial charge on any atom is -0.492 e. The summed E-state index contributed by atoms with van der Waals surface area (Å²) >= 11 is 0. The van der Waals surface area contributed by atoms with Crippen LogP contribution in [0.1, 0.15) is 22.8 Å². The van der Waals surface area contributed by atoms with Crippen molar-refractivity contribution >= 4 is 21.6 Å². The lowest BCUT2D eigenvalue weighted by molar-refractivity contribution is 0.0342. The van der Waals surface area contributed by atoms with Crippen molar-refractivity contribution in [3.05, 3.63) is 53.6 Å². The van der Waals surface area contributed by atoms with Gasteiger partial charge in [-0.15, -0.1) is 0 Å². The number of hydrogen-bond donors (Lipinski definition) is 1. The first kappa shape index (κ1) is 24.6. The summed E-state index contributed by atoms with van der Waals surface area (Å²) < 4.78 is 44.2. The fourth-order valence-corrected chi connectivity index (χ4v) is 5.58. The smallest absolute Gasteiger partial charge is 0.255 e. The van der Waals surface area contributed by atoms with Crippen molar-refractivity contribution in [1.29, 1.82) is 0 Å². The van der Waals surface area contributed by atoms with Gasteiger partial charge in [0.05, 0.1) is 33.0 Å². The van der Waals surface area contributed by atoms with Crippen molar-refractivity contribution in [2.24, 2.45) is 0 Å². The molecule has 2 aromatic carbocycles. The van der Waals surface area contributed by atoms with Gasteiger partial charge in [0.2, 0.25) is 10.0 Å². The van der Waals surface area contributed by atoms with Crippen LogP contribution in [0.2, 0.25) is 0 Å². The molecule has 0 spiro atoms. The quantitative estimate of drug-likeness (QED) is 0.607. The number of carbonyl (C=O) groups excluding carboxylic acids is 1. The van der Waals surface area contributed by atoms with Crippen LogP contribution in [-0.4, -0.2) is 82.7 Å². The van der Waals surface area contributed by atoms with Crippen LogP contribution in [0.5, 0.6) is 5.75 Å². The molecule has 2 saturated heterocycles. The molecule has 1 N–H and O–H groups in total. The van der Waals surface area contributed by atoms with Crippen LogP contribution >= 0.6 is 0 Å². The first-order valence-electron chi connectivity index (χ1n) is 11.5. The standard InChI is InChI=1S/C24H31N3O6S/c1-2-33-22-7-6-21(17-23(22)34(29,30)27-10-14-32-15-11-27)25-24(28)20-5-3-4-19(16-20)18-26-8-12-31-13-9-26/h3-7,16-17H,2,8-15,18H2,1H3,(H,25,28). The van der Waals surface area contributed by atoms with E-state index in [1.165, 1.54) is 10.4 Å². The van der Waals surface area contributed by atoms with Crippen molar-refractivity contribution in [3.8, 4) is 5.75 Å². The van der Waals surface area contributed by atoms with Crippen LogP contribution in [0.15, 0.2) is 47.4 Å². The van der Waals surface area contributed by atoms with Crippen molar-refractivity contribution in [1.82, 2.24) is 9.21 Å². The Bertz CT molecular complexity index is 1100. The molecular formula is C24H31N3O6S. The molecule has 0 radical (unpaired) electrons. The fourth-order valence-electron chi connectivity index (χ4n) is 4.02.